The zero-order valence-electron chi connectivity index (χ0n) is 8.31. The second kappa shape index (κ2) is 4.57. The monoisotopic (exact) mass is 220 g/mol. The van der Waals surface area contributed by atoms with E-state index in [1.165, 1.54) is 18.3 Å². The highest BCUT2D eigenvalue weighted by molar-refractivity contribution is 5.16. The van der Waals surface area contributed by atoms with Crippen molar-refractivity contribution < 1.29 is 9.13 Å². The van der Waals surface area contributed by atoms with Gasteiger partial charge in [-0.3, -0.25) is 0 Å². The van der Waals surface area contributed by atoms with Gasteiger partial charge >= 0.3 is 5.69 Å². The summed E-state index contributed by atoms with van der Waals surface area (Å²) in [5.74, 6) is -0.0499. The number of aromatic nitrogens is 2. The third kappa shape index (κ3) is 2.66. The Labute approximate surface area is 90.7 Å². The number of H-pyrrole nitrogens is 1. The summed E-state index contributed by atoms with van der Waals surface area (Å²) in [6, 6.07) is 7.48. The Balaban J connectivity index is 2.02. The number of halogens is 1. The second-order valence-corrected chi connectivity index (χ2v) is 3.15. The fourth-order valence-corrected chi connectivity index (χ4v) is 1.17. The Morgan fingerprint density at radius 3 is 2.69 bits per heavy atom. The lowest BCUT2D eigenvalue weighted by atomic mass is 10.2. The smallest absolute Gasteiger partial charge is 0.348 e. The van der Waals surface area contributed by atoms with E-state index in [9.17, 15) is 9.18 Å². The normalized spacial score (nSPS) is 10.1. The van der Waals surface area contributed by atoms with Crippen molar-refractivity contribution in [1.29, 1.82) is 0 Å². The largest absolute Gasteiger partial charge is 0.473 e. The Kier molecular flexibility index (Phi) is 2.95. The van der Waals surface area contributed by atoms with E-state index in [4.69, 9.17) is 4.74 Å². The van der Waals surface area contributed by atoms with Crippen molar-refractivity contribution in [2.24, 2.45) is 0 Å². The molecule has 0 radical (unpaired) electrons. The molecule has 1 N–H and O–H groups in total. The zero-order chi connectivity index (χ0) is 11.4. The molecule has 1 aromatic heterocycles. The third-order valence-corrected chi connectivity index (χ3v) is 1.94. The van der Waals surface area contributed by atoms with Gasteiger partial charge in [0.05, 0.1) is 0 Å². The summed E-state index contributed by atoms with van der Waals surface area (Å²) in [7, 11) is 0. The fourth-order valence-electron chi connectivity index (χ4n) is 1.17. The van der Waals surface area contributed by atoms with Gasteiger partial charge in [0.2, 0.25) is 5.88 Å². The molecule has 82 valence electrons. The highest BCUT2D eigenvalue weighted by Gasteiger charge is 1.98. The minimum atomic E-state index is -0.461. The number of hydrogen-bond acceptors (Lipinski definition) is 3. The molecule has 0 amide bonds. The molecule has 0 unspecified atom stereocenters. The molecule has 0 saturated heterocycles. The number of aromatic amines is 1. The topological polar surface area (TPSA) is 55.0 Å². The summed E-state index contributed by atoms with van der Waals surface area (Å²) in [5.41, 5.74) is 0.347. The van der Waals surface area contributed by atoms with Crippen molar-refractivity contribution in [2.45, 2.75) is 6.61 Å². The molecule has 2 rings (SSSR count). The predicted molar refractivity (Wildman–Crippen MR) is 55.6 cm³/mol. The van der Waals surface area contributed by atoms with Crippen LogP contribution in [0.15, 0.2) is 41.3 Å². The number of benzene rings is 1. The molecule has 0 aliphatic rings. The van der Waals surface area contributed by atoms with Crippen molar-refractivity contribution in [3.63, 3.8) is 0 Å². The number of ether oxygens (including phenoxy) is 1. The molecule has 0 bridgehead atoms. The number of rotatable bonds is 3. The Hall–Kier alpha value is -2.17. The maximum absolute atomic E-state index is 12.6. The van der Waals surface area contributed by atoms with Crippen LogP contribution >= 0.6 is 0 Å². The molecule has 2 aromatic rings. The molecule has 0 atom stereocenters. The molecule has 1 aromatic carbocycles. The van der Waals surface area contributed by atoms with Crippen LogP contribution in [0, 0.1) is 5.82 Å². The van der Waals surface area contributed by atoms with Gasteiger partial charge in [0, 0.05) is 12.3 Å². The first-order valence-electron chi connectivity index (χ1n) is 4.67. The van der Waals surface area contributed by atoms with Crippen LogP contribution in [0.25, 0.3) is 0 Å². The van der Waals surface area contributed by atoms with Crippen LogP contribution in [-0.2, 0) is 6.61 Å². The Morgan fingerprint density at radius 2 is 2.00 bits per heavy atom. The van der Waals surface area contributed by atoms with Gasteiger partial charge in [0.25, 0.3) is 0 Å². The molecule has 0 aliphatic heterocycles. The molecular formula is C11H9FN2O2. The van der Waals surface area contributed by atoms with E-state index < -0.39 is 5.69 Å². The minimum absolute atomic E-state index is 0.244. The average molecular weight is 220 g/mol. The van der Waals surface area contributed by atoms with Gasteiger partial charge in [-0.05, 0) is 17.7 Å². The Morgan fingerprint density at radius 1 is 1.25 bits per heavy atom. The van der Waals surface area contributed by atoms with Crippen LogP contribution in [0.5, 0.6) is 5.88 Å². The van der Waals surface area contributed by atoms with Crippen LogP contribution in [-0.4, -0.2) is 9.97 Å². The van der Waals surface area contributed by atoms with Gasteiger partial charge < -0.3 is 9.72 Å². The minimum Gasteiger partial charge on any atom is -0.473 e. The van der Waals surface area contributed by atoms with E-state index in [2.05, 4.69) is 9.97 Å². The SMILES string of the molecule is O=c1nc(OCc2ccc(F)cc2)cc[nH]1. The predicted octanol–water partition coefficient (Wildman–Crippen LogP) is 1.49. The van der Waals surface area contributed by atoms with Crippen molar-refractivity contribution in [1.82, 2.24) is 9.97 Å². The summed E-state index contributed by atoms with van der Waals surface area (Å²) in [5, 5.41) is 0. The highest BCUT2D eigenvalue weighted by atomic mass is 19.1. The van der Waals surface area contributed by atoms with E-state index >= 15 is 0 Å². The maximum atomic E-state index is 12.6. The maximum Gasteiger partial charge on any atom is 0.348 e. The molecule has 4 nitrogen and oxygen atoms in total. The third-order valence-electron chi connectivity index (χ3n) is 1.94. The van der Waals surface area contributed by atoms with Gasteiger partial charge in [-0.25, -0.2) is 9.18 Å². The molecule has 0 spiro atoms. The highest BCUT2D eigenvalue weighted by Crippen LogP contribution is 2.07. The van der Waals surface area contributed by atoms with Crippen molar-refractivity contribution in [3.8, 4) is 5.88 Å². The first kappa shape index (κ1) is 10.4. The summed E-state index contributed by atoms with van der Waals surface area (Å²) in [6.07, 6.45) is 1.45. The number of nitrogens with one attached hydrogen (secondary N) is 1. The van der Waals surface area contributed by atoms with Crippen LogP contribution < -0.4 is 10.4 Å². The van der Waals surface area contributed by atoms with Gasteiger partial charge in [0.15, 0.2) is 0 Å². The summed E-state index contributed by atoms with van der Waals surface area (Å²) < 4.78 is 17.9. The lowest BCUT2D eigenvalue weighted by molar-refractivity contribution is 0.292. The second-order valence-electron chi connectivity index (χ2n) is 3.15. The summed E-state index contributed by atoms with van der Waals surface area (Å²) >= 11 is 0. The number of hydrogen-bond donors (Lipinski definition) is 1. The van der Waals surface area contributed by atoms with E-state index in [-0.39, 0.29) is 18.3 Å². The van der Waals surface area contributed by atoms with Crippen LogP contribution in [0.4, 0.5) is 4.39 Å². The first-order chi connectivity index (χ1) is 7.74. The van der Waals surface area contributed by atoms with Gasteiger partial charge in [-0.1, -0.05) is 12.1 Å². The lowest BCUT2D eigenvalue weighted by Crippen LogP contribution is -2.10. The fraction of sp³-hybridized carbons (Fsp3) is 0.0909. The average Bonchev–Trinajstić information content (AvgIpc) is 2.28. The molecule has 0 saturated carbocycles. The molecule has 5 heteroatoms. The summed E-state index contributed by atoms with van der Waals surface area (Å²) in [6.45, 7) is 0.247. The zero-order valence-corrected chi connectivity index (χ0v) is 8.31. The van der Waals surface area contributed by atoms with E-state index in [1.54, 1.807) is 18.2 Å². The summed E-state index contributed by atoms with van der Waals surface area (Å²) in [4.78, 5) is 16.8. The quantitative estimate of drug-likeness (QED) is 0.852. The van der Waals surface area contributed by atoms with Crippen LogP contribution in [0.1, 0.15) is 5.56 Å². The van der Waals surface area contributed by atoms with Gasteiger partial charge in [-0.2, -0.15) is 4.98 Å². The van der Waals surface area contributed by atoms with E-state index in [1.807, 2.05) is 0 Å². The molecule has 0 aliphatic carbocycles. The van der Waals surface area contributed by atoms with E-state index in [0.29, 0.717) is 0 Å². The number of nitrogens with zero attached hydrogens (tertiary/aromatic N) is 1. The Bertz CT molecular complexity index is 522. The van der Waals surface area contributed by atoms with Crippen LogP contribution in [0.2, 0.25) is 0 Å². The van der Waals surface area contributed by atoms with Gasteiger partial charge in [0.1, 0.15) is 12.4 Å². The lowest BCUT2D eigenvalue weighted by Gasteiger charge is -2.03. The molecule has 16 heavy (non-hydrogen) atoms. The molecule has 1 heterocycles. The standard InChI is InChI=1S/C11H9FN2O2/c12-9-3-1-8(2-4-9)7-16-10-5-6-13-11(15)14-10/h1-6H,7H2,(H,13,14,15). The van der Waals surface area contributed by atoms with Gasteiger partial charge in [-0.15, -0.1) is 0 Å². The van der Waals surface area contributed by atoms with Crippen molar-refractivity contribution in [2.75, 3.05) is 0 Å². The van der Waals surface area contributed by atoms with Crippen molar-refractivity contribution >= 4 is 0 Å². The molecular weight excluding hydrogens is 211 g/mol. The van der Waals surface area contributed by atoms with Crippen LogP contribution in [0.3, 0.4) is 0 Å². The molecule has 0 fully saturated rings. The first-order valence-corrected chi connectivity index (χ1v) is 4.67. The van der Waals surface area contributed by atoms with E-state index in [0.717, 1.165) is 5.56 Å². The van der Waals surface area contributed by atoms with Crippen molar-refractivity contribution in [3.05, 3.63) is 58.4 Å².